The summed E-state index contributed by atoms with van der Waals surface area (Å²) in [5, 5.41) is 13.2. The number of carbonyl (C=O) groups excluding carboxylic acids is 1. The zero-order chi connectivity index (χ0) is 22.0. The molecule has 0 radical (unpaired) electrons. The molecule has 0 aromatic heterocycles. The van der Waals surface area contributed by atoms with Crippen LogP contribution in [0.2, 0.25) is 0 Å². The molecule has 0 bridgehead atoms. The lowest BCUT2D eigenvalue weighted by molar-refractivity contribution is -0.893. The number of epoxide rings is 1. The Morgan fingerprint density at radius 1 is 1.17 bits per heavy atom. The first-order chi connectivity index (χ1) is 14.2. The van der Waals surface area contributed by atoms with Gasteiger partial charge in [-0.1, -0.05) is 6.58 Å². The lowest BCUT2D eigenvalue weighted by Gasteiger charge is -2.32. The molecule has 0 aromatic rings. The van der Waals surface area contributed by atoms with Gasteiger partial charge in [0.25, 0.3) is 0 Å². The Labute approximate surface area is 182 Å². The van der Waals surface area contributed by atoms with Crippen LogP contribution in [0, 0.1) is 11.8 Å². The van der Waals surface area contributed by atoms with Crippen molar-refractivity contribution in [3.8, 4) is 0 Å². The molecule has 1 aliphatic carbocycles. The van der Waals surface area contributed by atoms with E-state index < -0.39 is 6.10 Å². The zero-order valence-corrected chi connectivity index (χ0v) is 19.2. The third-order valence-electron chi connectivity index (χ3n) is 6.01. The van der Waals surface area contributed by atoms with Crippen LogP contribution < -0.4 is 5.32 Å². The highest BCUT2D eigenvalue weighted by molar-refractivity contribution is 5.91. The molecule has 1 saturated carbocycles. The minimum Gasteiger partial charge on any atom is -0.385 e. The van der Waals surface area contributed by atoms with Gasteiger partial charge in [-0.05, 0) is 44.4 Å². The van der Waals surface area contributed by atoms with Gasteiger partial charge in [0.1, 0.15) is 18.8 Å². The summed E-state index contributed by atoms with van der Waals surface area (Å²) in [5.41, 5.74) is 0.529. The minimum absolute atomic E-state index is 0.0943. The van der Waals surface area contributed by atoms with Crippen LogP contribution in [0.4, 0.5) is 0 Å². The summed E-state index contributed by atoms with van der Waals surface area (Å²) in [4.78, 5) is 11.5. The molecule has 1 heterocycles. The first-order valence-corrected chi connectivity index (χ1v) is 11.5. The number of aliphatic hydroxyl groups is 1. The normalized spacial score (nSPS) is 25.0. The summed E-state index contributed by atoms with van der Waals surface area (Å²) in [7, 11) is 4.20. The Kier molecular flexibility index (Phi) is 10.8. The van der Waals surface area contributed by atoms with Gasteiger partial charge in [0.2, 0.25) is 5.91 Å². The predicted octanol–water partition coefficient (Wildman–Crippen LogP) is 1.74. The van der Waals surface area contributed by atoms with Crippen molar-refractivity contribution in [2.75, 3.05) is 66.8 Å². The molecule has 174 valence electrons. The van der Waals surface area contributed by atoms with E-state index in [0.29, 0.717) is 47.7 Å². The van der Waals surface area contributed by atoms with Crippen LogP contribution in [-0.2, 0) is 19.0 Å². The average molecular weight is 428 g/mol. The number of nitrogens with one attached hydrogen (secondary N) is 1. The van der Waals surface area contributed by atoms with Gasteiger partial charge in [0.15, 0.2) is 0 Å². The van der Waals surface area contributed by atoms with Crippen molar-refractivity contribution >= 4 is 5.91 Å². The fourth-order valence-corrected chi connectivity index (χ4v) is 4.04. The number of ether oxygens (including phenoxy) is 3. The monoisotopic (exact) mass is 427 g/mol. The van der Waals surface area contributed by atoms with Gasteiger partial charge in [0.05, 0.1) is 40.5 Å². The number of amides is 1. The minimum atomic E-state index is -0.473. The molecule has 2 aliphatic rings. The molecule has 7 heteroatoms. The van der Waals surface area contributed by atoms with Crippen molar-refractivity contribution in [1.82, 2.24) is 5.32 Å². The SMILES string of the molecule is C=C(C)C(=O)NCCC[N+](C)(C)CC(O)COCC1CCC(COCC2CO2)CC1. The third kappa shape index (κ3) is 10.9. The summed E-state index contributed by atoms with van der Waals surface area (Å²) in [6, 6.07) is 0. The number of carbonyl (C=O) groups is 1. The Hall–Kier alpha value is -0.990. The van der Waals surface area contributed by atoms with E-state index in [4.69, 9.17) is 14.2 Å². The van der Waals surface area contributed by atoms with Crippen LogP contribution in [0.15, 0.2) is 12.2 Å². The van der Waals surface area contributed by atoms with Crippen molar-refractivity contribution in [2.24, 2.45) is 11.8 Å². The molecular formula is C23H43N2O5+. The second-order valence-corrected chi connectivity index (χ2v) is 9.80. The van der Waals surface area contributed by atoms with Gasteiger partial charge in [-0.25, -0.2) is 0 Å². The Balaban J connectivity index is 1.49. The van der Waals surface area contributed by atoms with E-state index in [1.54, 1.807) is 6.92 Å². The number of hydrogen-bond acceptors (Lipinski definition) is 5. The van der Waals surface area contributed by atoms with E-state index in [1.165, 1.54) is 25.7 Å². The van der Waals surface area contributed by atoms with Crippen LogP contribution in [0.25, 0.3) is 0 Å². The van der Waals surface area contributed by atoms with Crippen molar-refractivity contribution < 1.29 is 28.6 Å². The summed E-state index contributed by atoms with van der Waals surface area (Å²) in [5.74, 6) is 1.17. The van der Waals surface area contributed by atoms with Gasteiger partial charge in [-0.2, -0.15) is 0 Å². The smallest absolute Gasteiger partial charge is 0.246 e. The molecule has 2 rings (SSSR count). The maximum atomic E-state index is 11.5. The second kappa shape index (κ2) is 12.8. The first-order valence-electron chi connectivity index (χ1n) is 11.5. The lowest BCUT2D eigenvalue weighted by Crippen LogP contribution is -2.48. The van der Waals surface area contributed by atoms with Gasteiger partial charge < -0.3 is 29.1 Å². The Morgan fingerprint density at radius 2 is 1.77 bits per heavy atom. The maximum absolute atomic E-state index is 11.5. The predicted molar refractivity (Wildman–Crippen MR) is 117 cm³/mol. The number of rotatable bonds is 15. The Bertz CT molecular complexity index is 528. The molecule has 2 unspecified atom stereocenters. The largest absolute Gasteiger partial charge is 0.385 e. The second-order valence-electron chi connectivity index (χ2n) is 9.80. The van der Waals surface area contributed by atoms with Crippen molar-refractivity contribution in [2.45, 2.75) is 51.2 Å². The summed E-state index contributed by atoms with van der Waals surface area (Å²) >= 11 is 0. The van der Waals surface area contributed by atoms with Gasteiger partial charge >= 0.3 is 0 Å². The van der Waals surface area contributed by atoms with E-state index in [1.807, 2.05) is 0 Å². The topological polar surface area (TPSA) is 80.3 Å². The van der Waals surface area contributed by atoms with E-state index in [2.05, 4.69) is 26.0 Å². The van der Waals surface area contributed by atoms with E-state index in [0.717, 1.165) is 39.4 Å². The highest BCUT2D eigenvalue weighted by Gasteiger charge is 2.26. The number of hydrogen-bond donors (Lipinski definition) is 2. The number of nitrogens with zero attached hydrogens (tertiary/aromatic N) is 1. The average Bonchev–Trinajstić information content (AvgIpc) is 3.50. The molecule has 2 fully saturated rings. The molecule has 2 atom stereocenters. The summed E-state index contributed by atoms with van der Waals surface area (Å²) in [6.07, 6.45) is 5.51. The fourth-order valence-electron chi connectivity index (χ4n) is 4.04. The van der Waals surface area contributed by atoms with Gasteiger partial charge in [0, 0.05) is 31.8 Å². The van der Waals surface area contributed by atoms with Crippen LogP contribution >= 0.6 is 0 Å². The number of quaternary nitrogens is 1. The standard InChI is InChI=1S/C23H42N2O5/c1-18(2)23(27)24-10-5-11-25(3,4)12-21(26)15-28-13-19-6-8-20(9-7-19)14-29-16-22-17-30-22/h19-22,26H,1,5-17H2,2-4H3/p+1. The lowest BCUT2D eigenvalue weighted by atomic mass is 9.83. The Morgan fingerprint density at radius 3 is 2.33 bits per heavy atom. The molecule has 1 aliphatic heterocycles. The van der Waals surface area contributed by atoms with Crippen LogP contribution in [0.5, 0.6) is 0 Å². The van der Waals surface area contributed by atoms with Crippen LogP contribution in [0.1, 0.15) is 39.0 Å². The van der Waals surface area contributed by atoms with Crippen molar-refractivity contribution in [3.05, 3.63) is 12.2 Å². The molecule has 2 N–H and O–H groups in total. The quantitative estimate of drug-likeness (QED) is 0.180. The van der Waals surface area contributed by atoms with Crippen LogP contribution in [0.3, 0.4) is 0 Å². The van der Waals surface area contributed by atoms with Gasteiger partial charge in [-0.3, -0.25) is 4.79 Å². The molecular weight excluding hydrogens is 384 g/mol. The zero-order valence-electron chi connectivity index (χ0n) is 19.2. The molecule has 1 amide bonds. The van der Waals surface area contributed by atoms with E-state index in [9.17, 15) is 9.90 Å². The van der Waals surface area contributed by atoms with E-state index in [-0.39, 0.29) is 5.91 Å². The molecule has 0 spiro atoms. The van der Waals surface area contributed by atoms with Gasteiger partial charge in [-0.15, -0.1) is 0 Å². The van der Waals surface area contributed by atoms with E-state index >= 15 is 0 Å². The van der Waals surface area contributed by atoms with Crippen molar-refractivity contribution in [1.29, 1.82) is 0 Å². The molecule has 1 saturated heterocycles. The van der Waals surface area contributed by atoms with Crippen LogP contribution in [-0.4, -0.2) is 94.5 Å². The highest BCUT2D eigenvalue weighted by Crippen LogP contribution is 2.29. The summed E-state index contributed by atoms with van der Waals surface area (Å²) < 4.78 is 17.4. The number of aliphatic hydroxyl groups excluding tert-OH is 1. The number of likely N-dealkylation sites (N-methyl/N-ethyl adjacent to an activating group) is 1. The van der Waals surface area contributed by atoms with Crippen molar-refractivity contribution in [3.63, 3.8) is 0 Å². The molecule has 0 aromatic carbocycles. The maximum Gasteiger partial charge on any atom is 0.246 e. The first kappa shape index (κ1) is 25.3. The molecule has 30 heavy (non-hydrogen) atoms. The molecule has 7 nitrogen and oxygen atoms in total. The summed E-state index contributed by atoms with van der Waals surface area (Å²) in [6.45, 7) is 11.1. The highest BCUT2D eigenvalue weighted by atomic mass is 16.6. The fraction of sp³-hybridized carbons (Fsp3) is 0.870. The third-order valence-corrected chi connectivity index (χ3v) is 6.01.